The van der Waals surface area contributed by atoms with Crippen molar-refractivity contribution in [1.82, 2.24) is 0 Å². The van der Waals surface area contributed by atoms with E-state index in [4.69, 9.17) is 4.74 Å². The molecular formula is C13H18O2. The molecule has 2 rings (SSSR count). The zero-order chi connectivity index (χ0) is 10.8. The Morgan fingerprint density at radius 1 is 1.27 bits per heavy atom. The van der Waals surface area contributed by atoms with Crippen LogP contribution in [0.4, 0.5) is 0 Å². The Balaban J connectivity index is 2.54. The molecule has 15 heavy (non-hydrogen) atoms. The molecule has 0 amide bonds. The molecule has 1 atom stereocenters. The summed E-state index contributed by atoms with van der Waals surface area (Å²) in [6, 6.07) is 4.12. The van der Waals surface area contributed by atoms with Gasteiger partial charge in [-0.2, -0.15) is 0 Å². The van der Waals surface area contributed by atoms with Crippen LogP contribution in [-0.4, -0.2) is 12.2 Å². The van der Waals surface area contributed by atoms with Crippen LogP contribution in [0.25, 0.3) is 0 Å². The second kappa shape index (κ2) is 4.23. The Morgan fingerprint density at radius 3 is 2.67 bits per heavy atom. The van der Waals surface area contributed by atoms with Crippen LogP contribution in [0.1, 0.15) is 42.6 Å². The van der Waals surface area contributed by atoms with E-state index in [1.807, 2.05) is 13.0 Å². The maximum Gasteiger partial charge on any atom is 0.124 e. The Kier molecular flexibility index (Phi) is 2.96. The smallest absolute Gasteiger partial charge is 0.124 e. The minimum absolute atomic E-state index is 0.437. The van der Waals surface area contributed by atoms with E-state index in [1.165, 1.54) is 24.0 Å². The van der Waals surface area contributed by atoms with Crippen molar-refractivity contribution in [3.8, 4) is 5.75 Å². The van der Waals surface area contributed by atoms with Gasteiger partial charge >= 0.3 is 0 Å². The second-order valence-corrected chi connectivity index (χ2v) is 4.20. The highest BCUT2D eigenvalue weighted by Gasteiger charge is 2.19. The Labute approximate surface area is 90.9 Å². The summed E-state index contributed by atoms with van der Waals surface area (Å²) in [6.07, 6.45) is 4.26. The first-order valence-electron chi connectivity index (χ1n) is 5.60. The lowest BCUT2D eigenvalue weighted by molar-refractivity contribution is 0.192. The number of ether oxygens (including phenoxy) is 1. The normalized spacial score (nSPS) is 17.0. The lowest BCUT2D eigenvalue weighted by Gasteiger charge is -2.23. The van der Waals surface area contributed by atoms with Crippen molar-refractivity contribution in [3.63, 3.8) is 0 Å². The number of fused-ring (bicyclic) bond motifs is 1. The van der Waals surface area contributed by atoms with Gasteiger partial charge in [-0.3, -0.25) is 0 Å². The number of benzene rings is 1. The van der Waals surface area contributed by atoms with Crippen molar-refractivity contribution in [3.05, 3.63) is 28.8 Å². The van der Waals surface area contributed by atoms with E-state index in [0.717, 1.165) is 24.2 Å². The standard InChI is InChI=1S/C13H18O2/c1-9(14)13-11-6-4-3-5-10(11)7-8-12(13)15-2/h7-9,14H,3-6H2,1-2H3. The predicted octanol–water partition coefficient (Wildman–Crippen LogP) is 2.63. The van der Waals surface area contributed by atoms with Gasteiger partial charge in [-0.1, -0.05) is 6.07 Å². The number of methoxy groups -OCH3 is 1. The molecule has 0 heterocycles. The fourth-order valence-corrected chi connectivity index (χ4v) is 2.47. The lowest BCUT2D eigenvalue weighted by atomic mass is 9.86. The number of rotatable bonds is 2. The van der Waals surface area contributed by atoms with Crippen LogP contribution in [0, 0.1) is 0 Å². The minimum atomic E-state index is -0.437. The highest BCUT2D eigenvalue weighted by Crippen LogP contribution is 2.34. The second-order valence-electron chi connectivity index (χ2n) is 4.20. The van der Waals surface area contributed by atoms with Crippen molar-refractivity contribution >= 4 is 0 Å². The third kappa shape index (κ3) is 1.86. The van der Waals surface area contributed by atoms with Crippen molar-refractivity contribution in [2.75, 3.05) is 7.11 Å². The molecule has 0 bridgehead atoms. The third-order valence-corrected chi connectivity index (χ3v) is 3.17. The maximum atomic E-state index is 9.81. The summed E-state index contributed by atoms with van der Waals surface area (Å²) in [5.41, 5.74) is 3.70. The summed E-state index contributed by atoms with van der Waals surface area (Å²) >= 11 is 0. The molecule has 0 aliphatic heterocycles. The van der Waals surface area contributed by atoms with Gasteiger partial charge in [0.2, 0.25) is 0 Å². The van der Waals surface area contributed by atoms with E-state index in [2.05, 4.69) is 6.07 Å². The summed E-state index contributed by atoms with van der Waals surface area (Å²) < 4.78 is 5.31. The van der Waals surface area contributed by atoms with Crippen LogP contribution in [0.3, 0.4) is 0 Å². The van der Waals surface area contributed by atoms with Crippen LogP contribution in [0.5, 0.6) is 5.75 Å². The molecule has 0 radical (unpaired) electrons. The summed E-state index contributed by atoms with van der Waals surface area (Å²) in [5.74, 6) is 0.825. The molecule has 1 aromatic rings. The average molecular weight is 206 g/mol. The predicted molar refractivity (Wildman–Crippen MR) is 60.3 cm³/mol. The molecule has 0 aromatic heterocycles. The van der Waals surface area contributed by atoms with Crippen LogP contribution < -0.4 is 4.74 Å². The first kappa shape index (κ1) is 10.5. The van der Waals surface area contributed by atoms with Gasteiger partial charge in [0.25, 0.3) is 0 Å². The van der Waals surface area contributed by atoms with E-state index < -0.39 is 6.10 Å². The first-order valence-corrected chi connectivity index (χ1v) is 5.60. The topological polar surface area (TPSA) is 29.5 Å². The highest BCUT2D eigenvalue weighted by atomic mass is 16.5. The van der Waals surface area contributed by atoms with Crippen LogP contribution in [0.2, 0.25) is 0 Å². The first-order chi connectivity index (χ1) is 7.24. The number of aliphatic hydroxyl groups excluding tert-OH is 1. The Morgan fingerprint density at radius 2 is 2.00 bits per heavy atom. The maximum absolute atomic E-state index is 9.81. The molecular weight excluding hydrogens is 188 g/mol. The highest BCUT2D eigenvalue weighted by molar-refractivity contribution is 5.47. The van der Waals surface area contributed by atoms with Crippen molar-refractivity contribution < 1.29 is 9.84 Å². The van der Waals surface area contributed by atoms with Crippen LogP contribution >= 0.6 is 0 Å². The van der Waals surface area contributed by atoms with Gasteiger partial charge in [-0.25, -0.2) is 0 Å². The quantitative estimate of drug-likeness (QED) is 0.806. The largest absolute Gasteiger partial charge is 0.496 e. The molecule has 2 nitrogen and oxygen atoms in total. The number of hydrogen-bond donors (Lipinski definition) is 1. The molecule has 0 saturated carbocycles. The zero-order valence-corrected chi connectivity index (χ0v) is 9.42. The molecule has 1 unspecified atom stereocenters. The SMILES string of the molecule is COc1ccc2c(c1C(C)O)CCCC2. The van der Waals surface area contributed by atoms with Crippen molar-refractivity contribution in [2.45, 2.75) is 38.7 Å². The molecule has 0 saturated heterocycles. The molecule has 82 valence electrons. The van der Waals surface area contributed by atoms with Gasteiger partial charge < -0.3 is 9.84 Å². The van der Waals surface area contributed by atoms with Crippen molar-refractivity contribution in [1.29, 1.82) is 0 Å². The summed E-state index contributed by atoms with van der Waals surface area (Å²) in [4.78, 5) is 0. The molecule has 1 aromatic carbocycles. The van der Waals surface area contributed by atoms with Crippen LogP contribution in [0.15, 0.2) is 12.1 Å². The lowest BCUT2D eigenvalue weighted by Crippen LogP contribution is -2.09. The van der Waals surface area contributed by atoms with Gasteiger partial charge in [0.05, 0.1) is 13.2 Å². The summed E-state index contributed by atoms with van der Waals surface area (Å²) in [5, 5.41) is 9.81. The third-order valence-electron chi connectivity index (χ3n) is 3.17. The van der Waals surface area contributed by atoms with Crippen molar-refractivity contribution in [2.24, 2.45) is 0 Å². The molecule has 2 heteroatoms. The van der Waals surface area contributed by atoms with Gasteiger partial charge in [0.1, 0.15) is 5.75 Å². The molecule has 1 aliphatic carbocycles. The van der Waals surface area contributed by atoms with Gasteiger partial charge in [0, 0.05) is 5.56 Å². The Bertz CT molecular complexity index is 356. The van der Waals surface area contributed by atoms with E-state index >= 15 is 0 Å². The summed E-state index contributed by atoms with van der Waals surface area (Å²) in [7, 11) is 1.66. The average Bonchev–Trinajstić information content (AvgIpc) is 2.27. The number of aliphatic hydroxyl groups is 1. The molecule has 1 N–H and O–H groups in total. The zero-order valence-electron chi connectivity index (χ0n) is 9.42. The Hall–Kier alpha value is -1.02. The molecule has 1 aliphatic rings. The van der Waals surface area contributed by atoms with Gasteiger partial charge in [-0.15, -0.1) is 0 Å². The minimum Gasteiger partial charge on any atom is -0.496 e. The van der Waals surface area contributed by atoms with E-state index in [0.29, 0.717) is 0 Å². The van der Waals surface area contributed by atoms with Gasteiger partial charge in [-0.05, 0) is 49.8 Å². The summed E-state index contributed by atoms with van der Waals surface area (Å²) in [6.45, 7) is 1.81. The van der Waals surface area contributed by atoms with Crippen LogP contribution in [-0.2, 0) is 12.8 Å². The molecule has 0 fully saturated rings. The van der Waals surface area contributed by atoms with E-state index in [1.54, 1.807) is 7.11 Å². The van der Waals surface area contributed by atoms with E-state index in [-0.39, 0.29) is 0 Å². The fourth-order valence-electron chi connectivity index (χ4n) is 2.47. The van der Waals surface area contributed by atoms with Gasteiger partial charge in [0.15, 0.2) is 0 Å². The molecule has 0 spiro atoms. The monoisotopic (exact) mass is 206 g/mol. The number of hydrogen-bond acceptors (Lipinski definition) is 2. The fraction of sp³-hybridized carbons (Fsp3) is 0.538. The van der Waals surface area contributed by atoms with E-state index in [9.17, 15) is 5.11 Å². The number of aryl methyl sites for hydroxylation is 1.